The molecule has 2 aromatic carbocycles. The maximum Gasteiger partial charge on any atom is 0.414 e. The largest absolute Gasteiger partial charge is 0.473 e. The highest BCUT2D eigenvalue weighted by Crippen LogP contribution is 2.39. The van der Waals surface area contributed by atoms with Crippen molar-refractivity contribution in [2.75, 3.05) is 20.1 Å². The number of hydrogen-bond donors (Lipinski definition) is 2. The number of esters is 1. The number of ether oxygens (including phenoxy) is 1. The van der Waals surface area contributed by atoms with E-state index in [1.54, 1.807) is 0 Å². The molecule has 1 aliphatic heterocycles. The molecule has 0 spiro atoms. The summed E-state index contributed by atoms with van der Waals surface area (Å²) in [6.45, 7) is 4.00. The van der Waals surface area contributed by atoms with E-state index in [1.165, 1.54) is 16.7 Å². The number of nitrogens with zero attached hydrogens (tertiary/aromatic N) is 1. The van der Waals surface area contributed by atoms with Crippen LogP contribution in [0.15, 0.2) is 54.6 Å². The topological polar surface area (TPSA) is 104 Å². The van der Waals surface area contributed by atoms with E-state index in [0.717, 1.165) is 45.2 Å². The van der Waals surface area contributed by atoms with Gasteiger partial charge in [0.1, 0.15) is 5.60 Å². The van der Waals surface area contributed by atoms with Crippen molar-refractivity contribution in [3.63, 3.8) is 0 Å². The van der Waals surface area contributed by atoms with Gasteiger partial charge in [-0.05, 0) is 36.6 Å². The van der Waals surface area contributed by atoms with Gasteiger partial charge in [0, 0.05) is 32.4 Å². The summed E-state index contributed by atoms with van der Waals surface area (Å²) >= 11 is 0. The first kappa shape index (κ1) is 26.1. The first-order chi connectivity index (χ1) is 15.8. The number of rotatable bonds is 7. The molecule has 0 radical (unpaired) electrons. The molecular formula is C26H33NO6. The Morgan fingerprint density at radius 1 is 0.939 bits per heavy atom. The van der Waals surface area contributed by atoms with Crippen LogP contribution in [0.5, 0.6) is 0 Å². The van der Waals surface area contributed by atoms with Crippen molar-refractivity contribution in [1.29, 1.82) is 0 Å². The van der Waals surface area contributed by atoms with Crippen LogP contribution in [0.1, 0.15) is 55.7 Å². The van der Waals surface area contributed by atoms with Gasteiger partial charge in [0.2, 0.25) is 0 Å². The summed E-state index contributed by atoms with van der Waals surface area (Å²) in [4.78, 5) is 33.1. The predicted molar refractivity (Wildman–Crippen MR) is 125 cm³/mol. The maximum absolute atomic E-state index is 12.6. The van der Waals surface area contributed by atoms with E-state index in [0.29, 0.717) is 6.42 Å². The molecule has 3 rings (SSSR count). The van der Waals surface area contributed by atoms with Gasteiger partial charge in [0.25, 0.3) is 0 Å². The normalized spacial score (nSPS) is 15.1. The van der Waals surface area contributed by atoms with Crippen LogP contribution in [0.3, 0.4) is 0 Å². The van der Waals surface area contributed by atoms with Gasteiger partial charge in [-0.15, -0.1) is 0 Å². The van der Waals surface area contributed by atoms with E-state index in [-0.39, 0.29) is 5.97 Å². The van der Waals surface area contributed by atoms with Crippen LogP contribution in [0.4, 0.5) is 0 Å². The highest BCUT2D eigenvalue weighted by Gasteiger charge is 2.40. The fraction of sp³-hybridized carbons (Fsp3) is 0.423. The quantitative estimate of drug-likeness (QED) is 0.479. The first-order valence-electron chi connectivity index (χ1n) is 11.3. The van der Waals surface area contributed by atoms with Crippen molar-refractivity contribution in [2.24, 2.45) is 0 Å². The van der Waals surface area contributed by atoms with Crippen LogP contribution >= 0.6 is 0 Å². The molecule has 2 aromatic rings. The molecule has 0 atom stereocenters. The summed E-state index contributed by atoms with van der Waals surface area (Å²) in [5.41, 5.74) is 3.23. The average molecular weight is 456 g/mol. The SMILES string of the molecule is CCCCC(=O)OC1(c2ccccc2Cc2ccccc2)CCN(C)CC1.O=C(O)C(=O)O. The summed E-state index contributed by atoms with van der Waals surface area (Å²) < 4.78 is 6.23. The molecule has 7 heteroatoms. The minimum Gasteiger partial charge on any atom is -0.473 e. The van der Waals surface area contributed by atoms with Gasteiger partial charge in [-0.25, -0.2) is 9.59 Å². The molecule has 0 aliphatic carbocycles. The number of hydrogen-bond acceptors (Lipinski definition) is 5. The zero-order valence-electron chi connectivity index (χ0n) is 19.3. The lowest BCUT2D eigenvalue weighted by atomic mass is 9.80. The molecule has 178 valence electrons. The van der Waals surface area contributed by atoms with E-state index in [4.69, 9.17) is 24.5 Å². The van der Waals surface area contributed by atoms with Crippen LogP contribution in [0.25, 0.3) is 0 Å². The number of carboxylic acids is 2. The van der Waals surface area contributed by atoms with Crippen molar-refractivity contribution < 1.29 is 29.3 Å². The second-order valence-corrected chi connectivity index (χ2v) is 8.31. The molecule has 1 saturated heterocycles. The molecular weight excluding hydrogens is 422 g/mol. The summed E-state index contributed by atoms with van der Waals surface area (Å²) in [7, 11) is 2.14. The summed E-state index contributed by atoms with van der Waals surface area (Å²) in [6, 6.07) is 19.0. The van der Waals surface area contributed by atoms with Gasteiger partial charge < -0.3 is 19.8 Å². The van der Waals surface area contributed by atoms with Crippen LogP contribution in [-0.2, 0) is 31.1 Å². The molecule has 0 unspecified atom stereocenters. The molecule has 0 aromatic heterocycles. The van der Waals surface area contributed by atoms with E-state index in [1.807, 2.05) is 6.07 Å². The van der Waals surface area contributed by atoms with Gasteiger partial charge in [-0.3, -0.25) is 4.79 Å². The Hall–Kier alpha value is -3.19. The molecule has 1 aliphatic rings. The smallest absolute Gasteiger partial charge is 0.414 e. The van der Waals surface area contributed by atoms with Crippen molar-refractivity contribution in [1.82, 2.24) is 4.90 Å². The third-order valence-electron chi connectivity index (χ3n) is 5.77. The minimum absolute atomic E-state index is 0.0593. The molecule has 0 bridgehead atoms. The van der Waals surface area contributed by atoms with Gasteiger partial charge in [0.15, 0.2) is 0 Å². The number of carboxylic acid groups (broad SMARTS) is 2. The molecule has 7 nitrogen and oxygen atoms in total. The number of benzene rings is 2. The average Bonchev–Trinajstić information content (AvgIpc) is 2.81. The van der Waals surface area contributed by atoms with Crippen molar-refractivity contribution in [3.05, 3.63) is 71.3 Å². The third kappa shape index (κ3) is 8.02. The Balaban J connectivity index is 0.000000569. The van der Waals surface area contributed by atoms with Crippen LogP contribution < -0.4 is 0 Å². The van der Waals surface area contributed by atoms with Crippen molar-refractivity contribution >= 4 is 17.9 Å². The van der Waals surface area contributed by atoms with Gasteiger partial charge in [-0.2, -0.15) is 0 Å². The number of carbonyl (C=O) groups is 3. The molecule has 2 N–H and O–H groups in total. The number of unbranched alkanes of at least 4 members (excludes halogenated alkanes) is 1. The van der Waals surface area contributed by atoms with Gasteiger partial charge in [-0.1, -0.05) is 67.9 Å². The Bertz CT molecular complexity index is 907. The lowest BCUT2D eigenvalue weighted by Gasteiger charge is -2.41. The summed E-state index contributed by atoms with van der Waals surface area (Å²) in [5.74, 6) is -3.71. The number of piperidine rings is 1. The summed E-state index contributed by atoms with van der Waals surface area (Å²) in [6.07, 6.45) is 4.98. The molecule has 1 heterocycles. The predicted octanol–water partition coefficient (Wildman–Crippen LogP) is 4.09. The molecule has 33 heavy (non-hydrogen) atoms. The van der Waals surface area contributed by atoms with E-state index in [2.05, 4.69) is 67.4 Å². The maximum atomic E-state index is 12.6. The van der Waals surface area contributed by atoms with E-state index in [9.17, 15) is 4.79 Å². The number of likely N-dealkylation sites (tertiary alicyclic amines) is 1. The monoisotopic (exact) mass is 455 g/mol. The highest BCUT2D eigenvalue weighted by atomic mass is 16.6. The highest BCUT2D eigenvalue weighted by molar-refractivity contribution is 6.27. The second-order valence-electron chi connectivity index (χ2n) is 8.31. The summed E-state index contributed by atoms with van der Waals surface area (Å²) in [5, 5.41) is 14.8. The zero-order valence-corrected chi connectivity index (χ0v) is 19.3. The Morgan fingerprint density at radius 2 is 1.52 bits per heavy atom. The second kappa shape index (κ2) is 12.7. The van der Waals surface area contributed by atoms with Gasteiger partial charge in [0.05, 0.1) is 0 Å². The van der Waals surface area contributed by atoms with E-state index >= 15 is 0 Å². The van der Waals surface area contributed by atoms with E-state index < -0.39 is 17.5 Å². The standard InChI is InChI=1S/C24H31NO2.C2H2O4/c1-3-4-14-23(26)27-24(15-17-25(2)18-16-24)22-13-9-8-12-21(22)19-20-10-6-5-7-11-20;3-1(4)2(5)6/h5-13H,3-4,14-19H2,1-2H3;(H,3,4)(H,5,6). The van der Waals surface area contributed by atoms with Crippen molar-refractivity contribution in [2.45, 2.75) is 51.0 Å². The fourth-order valence-corrected chi connectivity index (χ4v) is 3.93. The van der Waals surface area contributed by atoms with Gasteiger partial charge >= 0.3 is 17.9 Å². The molecule has 1 fully saturated rings. The van der Waals surface area contributed by atoms with Crippen LogP contribution in [0.2, 0.25) is 0 Å². The number of carbonyl (C=O) groups excluding carboxylic acids is 1. The van der Waals surface area contributed by atoms with Crippen LogP contribution in [-0.4, -0.2) is 53.2 Å². The third-order valence-corrected chi connectivity index (χ3v) is 5.77. The van der Waals surface area contributed by atoms with Crippen LogP contribution in [0, 0.1) is 0 Å². The lowest BCUT2D eigenvalue weighted by Crippen LogP contribution is -2.44. The fourth-order valence-electron chi connectivity index (χ4n) is 3.93. The zero-order chi connectivity index (χ0) is 24.3. The Morgan fingerprint density at radius 3 is 2.09 bits per heavy atom. The molecule has 0 amide bonds. The minimum atomic E-state index is -1.82. The van der Waals surface area contributed by atoms with Crippen molar-refractivity contribution in [3.8, 4) is 0 Å². The number of aliphatic carboxylic acids is 2. The lowest BCUT2D eigenvalue weighted by molar-refractivity contribution is -0.166. The molecule has 0 saturated carbocycles. The first-order valence-corrected chi connectivity index (χ1v) is 11.3. The Kier molecular flexibility index (Phi) is 10.1. The Labute approximate surface area is 195 Å².